The van der Waals surface area contributed by atoms with Crippen molar-refractivity contribution in [1.82, 2.24) is 0 Å². The summed E-state index contributed by atoms with van der Waals surface area (Å²) in [5.41, 5.74) is 0. The van der Waals surface area contributed by atoms with Crippen molar-refractivity contribution in [2.45, 2.75) is 32.6 Å². The van der Waals surface area contributed by atoms with E-state index < -0.39 is 17.3 Å². The van der Waals surface area contributed by atoms with Gasteiger partial charge in [-0.1, -0.05) is 19.8 Å². The van der Waals surface area contributed by atoms with Gasteiger partial charge in [0.15, 0.2) is 0 Å². The van der Waals surface area contributed by atoms with E-state index in [4.69, 9.17) is 4.55 Å². The van der Waals surface area contributed by atoms with E-state index in [9.17, 15) is 9.00 Å². The van der Waals surface area contributed by atoms with E-state index in [1.54, 1.807) is 0 Å². The maximum Gasteiger partial charge on any atom is 0.360 e. The van der Waals surface area contributed by atoms with Crippen LogP contribution in [0.25, 0.3) is 0 Å². The van der Waals surface area contributed by atoms with Gasteiger partial charge in [-0.3, -0.25) is 9.35 Å². The van der Waals surface area contributed by atoms with Crippen LogP contribution in [0.5, 0.6) is 0 Å². The van der Waals surface area contributed by atoms with E-state index in [0.717, 1.165) is 12.8 Å². The maximum atomic E-state index is 10.6. The van der Waals surface area contributed by atoms with Gasteiger partial charge in [0.25, 0.3) is 0 Å². The average Bonchev–Trinajstić information content (AvgIpc) is 1.86. The van der Waals surface area contributed by atoms with E-state index >= 15 is 0 Å². The lowest BCUT2D eigenvalue weighted by Crippen LogP contribution is -2.05. The summed E-state index contributed by atoms with van der Waals surface area (Å²) in [7, 11) is 0. The molecule has 0 aromatic rings. The number of hydrogen-bond donors (Lipinski definition) is 1. The third-order valence-corrected chi connectivity index (χ3v) is 1.48. The summed E-state index contributed by atoms with van der Waals surface area (Å²) in [4.78, 5) is 10.6. The minimum atomic E-state index is -2.45. The van der Waals surface area contributed by atoms with Crippen molar-refractivity contribution in [2.24, 2.45) is 0 Å². The molecular weight excluding hydrogens is 168 g/mol. The molecule has 11 heavy (non-hydrogen) atoms. The highest BCUT2D eigenvalue weighted by atomic mass is 32.2. The Kier molecular flexibility index (Phi) is 6.06. The van der Waals surface area contributed by atoms with Crippen LogP contribution in [0.4, 0.5) is 0 Å². The second kappa shape index (κ2) is 6.30. The lowest BCUT2D eigenvalue weighted by atomic mass is 10.2. The fourth-order valence-corrected chi connectivity index (χ4v) is 0.883. The quantitative estimate of drug-likeness (QED) is 0.510. The van der Waals surface area contributed by atoms with Crippen LogP contribution in [0, 0.1) is 0 Å². The van der Waals surface area contributed by atoms with Gasteiger partial charge in [-0.05, 0) is 6.42 Å². The Morgan fingerprint density at radius 3 is 2.64 bits per heavy atom. The topological polar surface area (TPSA) is 63.6 Å². The molecule has 0 saturated heterocycles. The molecule has 1 N–H and O–H groups in total. The first-order valence-electron chi connectivity index (χ1n) is 3.48. The van der Waals surface area contributed by atoms with Crippen molar-refractivity contribution in [3.05, 3.63) is 0 Å². The van der Waals surface area contributed by atoms with Gasteiger partial charge in [0.2, 0.25) is 0 Å². The lowest BCUT2D eigenvalue weighted by Gasteiger charge is -1.96. The average molecular weight is 180 g/mol. The summed E-state index contributed by atoms with van der Waals surface area (Å²) in [6, 6.07) is 0. The minimum Gasteiger partial charge on any atom is -0.343 e. The Labute approximate surface area is 68.4 Å². The molecule has 0 heterocycles. The van der Waals surface area contributed by atoms with E-state index in [0.29, 0.717) is 6.42 Å². The summed E-state index contributed by atoms with van der Waals surface area (Å²) < 4.78 is 22.0. The number of carbonyl (C=O) groups is 1. The summed E-state index contributed by atoms with van der Waals surface area (Å²) >= 11 is -2.45. The van der Waals surface area contributed by atoms with Crippen molar-refractivity contribution < 1.29 is 17.7 Å². The van der Waals surface area contributed by atoms with Crippen LogP contribution < -0.4 is 0 Å². The molecule has 0 amide bonds. The van der Waals surface area contributed by atoms with Crippen LogP contribution in [0.3, 0.4) is 0 Å². The summed E-state index contributed by atoms with van der Waals surface area (Å²) in [5, 5.41) is 0. The van der Waals surface area contributed by atoms with Crippen LogP contribution in [0.1, 0.15) is 32.6 Å². The first-order chi connectivity index (χ1) is 5.16. The summed E-state index contributed by atoms with van der Waals surface area (Å²) in [6.07, 6.45) is 2.88. The molecule has 0 radical (unpaired) electrons. The van der Waals surface area contributed by atoms with E-state index in [-0.39, 0.29) is 6.42 Å². The summed E-state index contributed by atoms with van der Waals surface area (Å²) in [6.45, 7) is 2.01. The van der Waals surface area contributed by atoms with Crippen molar-refractivity contribution >= 4 is 17.3 Å². The van der Waals surface area contributed by atoms with Gasteiger partial charge in [-0.2, -0.15) is 4.21 Å². The molecule has 0 fully saturated rings. The van der Waals surface area contributed by atoms with Gasteiger partial charge < -0.3 is 4.18 Å². The lowest BCUT2D eigenvalue weighted by molar-refractivity contribution is -0.134. The predicted octanol–water partition coefficient (Wildman–Crippen LogP) is 1.25. The second-order valence-electron chi connectivity index (χ2n) is 2.13. The second-order valence-corrected chi connectivity index (χ2v) is 2.73. The molecule has 0 aliphatic carbocycles. The Balaban J connectivity index is 3.30. The van der Waals surface area contributed by atoms with Gasteiger partial charge in [-0.15, -0.1) is 0 Å². The number of unbranched alkanes of at least 4 members (excludes halogenated alkanes) is 2. The third-order valence-electron chi connectivity index (χ3n) is 1.15. The zero-order chi connectivity index (χ0) is 8.69. The highest BCUT2D eigenvalue weighted by molar-refractivity contribution is 7.74. The van der Waals surface area contributed by atoms with Gasteiger partial charge >= 0.3 is 17.3 Å². The molecular formula is C6H12O4S. The standard InChI is InChI=1S/C6H12O4S/c1-2-3-4-5-6(7)10-11(8)9/h2-5H2,1H3,(H,8,9). The van der Waals surface area contributed by atoms with Gasteiger partial charge in [0.1, 0.15) is 0 Å². The molecule has 0 aliphatic rings. The third kappa shape index (κ3) is 7.48. The monoisotopic (exact) mass is 180 g/mol. The Hall–Kier alpha value is -0.420. The zero-order valence-corrected chi connectivity index (χ0v) is 7.23. The van der Waals surface area contributed by atoms with Gasteiger partial charge in [-0.25, -0.2) is 0 Å². The largest absolute Gasteiger partial charge is 0.360 e. The molecule has 1 unspecified atom stereocenters. The van der Waals surface area contributed by atoms with Crippen LogP contribution >= 0.6 is 0 Å². The van der Waals surface area contributed by atoms with Crippen LogP contribution in [0.2, 0.25) is 0 Å². The van der Waals surface area contributed by atoms with E-state index in [1.807, 2.05) is 6.92 Å². The first-order valence-corrected chi connectivity index (χ1v) is 4.52. The SMILES string of the molecule is CCCCCC(=O)OS(=O)O. The molecule has 0 aromatic carbocycles. The Morgan fingerprint density at radius 1 is 1.55 bits per heavy atom. The van der Waals surface area contributed by atoms with Crippen molar-refractivity contribution in [3.63, 3.8) is 0 Å². The van der Waals surface area contributed by atoms with Crippen molar-refractivity contribution in [3.8, 4) is 0 Å². The van der Waals surface area contributed by atoms with E-state index in [1.165, 1.54) is 0 Å². The molecule has 5 heteroatoms. The Morgan fingerprint density at radius 2 is 2.18 bits per heavy atom. The van der Waals surface area contributed by atoms with E-state index in [2.05, 4.69) is 4.18 Å². The fourth-order valence-electron chi connectivity index (χ4n) is 0.641. The molecule has 0 aliphatic heterocycles. The number of hydrogen-bond acceptors (Lipinski definition) is 3. The number of rotatable bonds is 5. The van der Waals surface area contributed by atoms with Gasteiger partial charge in [0, 0.05) is 6.42 Å². The molecule has 0 aromatic heterocycles. The molecule has 66 valence electrons. The normalized spacial score (nSPS) is 12.5. The molecule has 0 spiro atoms. The van der Waals surface area contributed by atoms with Gasteiger partial charge in [0.05, 0.1) is 0 Å². The zero-order valence-electron chi connectivity index (χ0n) is 6.41. The molecule has 0 saturated carbocycles. The van der Waals surface area contributed by atoms with Crippen LogP contribution in [-0.2, 0) is 20.3 Å². The maximum absolute atomic E-state index is 10.6. The number of carbonyl (C=O) groups excluding carboxylic acids is 1. The highest BCUT2D eigenvalue weighted by Gasteiger charge is 2.04. The smallest absolute Gasteiger partial charge is 0.343 e. The fraction of sp³-hybridized carbons (Fsp3) is 0.833. The van der Waals surface area contributed by atoms with Crippen LogP contribution in [-0.4, -0.2) is 14.7 Å². The molecule has 0 rings (SSSR count). The van der Waals surface area contributed by atoms with Crippen LogP contribution in [0.15, 0.2) is 0 Å². The first kappa shape index (κ1) is 10.6. The molecule has 4 nitrogen and oxygen atoms in total. The predicted molar refractivity (Wildman–Crippen MR) is 41.0 cm³/mol. The molecule has 0 bridgehead atoms. The minimum absolute atomic E-state index is 0.222. The molecule has 1 atom stereocenters. The summed E-state index contributed by atoms with van der Waals surface area (Å²) in [5.74, 6) is -0.612. The highest BCUT2D eigenvalue weighted by Crippen LogP contribution is 2.00. The Bertz CT molecular complexity index is 146. The van der Waals surface area contributed by atoms with Crippen molar-refractivity contribution in [1.29, 1.82) is 0 Å². The van der Waals surface area contributed by atoms with Crippen molar-refractivity contribution in [2.75, 3.05) is 0 Å².